The lowest BCUT2D eigenvalue weighted by Gasteiger charge is -2.44. The first kappa shape index (κ1) is 19.6. The molecule has 1 fully saturated rings. The summed E-state index contributed by atoms with van der Waals surface area (Å²) in [5.41, 5.74) is 3.09. The van der Waals surface area contributed by atoms with E-state index in [2.05, 4.69) is 49.9 Å². The number of amides is 1. The van der Waals surface area contributed by atoms with E-state index in [9.17, 15) is 4.79 Å². The summed E-state index contributed by atoms with van der Waals surface area (Å²) in [5, 5.41) is 0. The van der Waals surface area contributed by atoms with Crippen LogP contribution < -0.4 is 0 Å². The van der Waals surface area contributed by atoms with Gasteiger partial charge < -0.3 is 9.80 Å². The highest BCUT2D eigenvalue weighted by atomic mass is 16.2. The topological polar surface area (TPSA) is 26.8 Å². The molecule has 144 valence electrons. The van der Waals surface area contributed by atoms with E-state index in [0.29, 0.717) is 12.1 Å². The van der Waals surface area contributed by atoms with Crippen molar-refractivity contribution in [2.45, 2.75) is 25.9 Å². The van der Waals surface area contributed by atoms with E-state index in [1.54, 1.807) is 0 Å². The van der Waals surface area contributed by atoms with Crippen molar-refractivity contribution in [1.82, 2.24) is 14.7 Å². The number of benzene rings is 2. The van der Waals surface area contributed by atoms with Crippen LogP contribution in [-0.4, -0.2) is 73.0 Å². The molecule has 0 N–H and O–H groups in total. The van der Waals surface area contributed by atoms with E-state index < -0.39 is 0 Å². The quantitative estimate of drug-likeness (QED) is 0.812. The molecule has 2 aromatic carbocycles. The molecule has 0 aliphatic carbocycles. The summed E-state index contributed by atoms with van der Waals surface area (Å²) >= 11 is 0. The van der Waals surface area contributed by atoms with Crippen LogP contribution in [0.4, 0.5) is 0 Å². The summed E-state index contributed by atoms with van der Waals surface area (Å²) in [6, 6.07) is 19.0. The Morgan fingerprint density at radius 3 is 2.04 bits per heavy atom. The zero-order chi connectivity index (χ0) is 19.4. The van der Waals surface area contributed by atoms with Crippen LogP contribution in [0.2, 0.25) is 0 Å². The van der Waals surface area contributed by atoms with Crippen molar-refractivity contribution in [2.75, 3.05) is 40.3 Å². The van der Waals surface area contributed by atoms with Gasteiger partial charge in [-0.15, -0.1) is 0 Å². The lowest BCUT2D eigenvalue weighted by atomic mass is 10.0. The molecule has 0 radical (unpaired) electrons. The van der Waals surface area contributed by atoms with Gasteiger partial charge in [0.1, 0.15) is 0 Å². The average Bonchev–Trinajstić information content (AvgIpc) is 2.67. The van der Waals surface area contributed by atoms with Crippen molar-refractivity contribution >= 4 is 5.91 Å². The van der Waals surface area contributed by atoms with Gasteiger partial charge in [-0.1, -0.05) is 42.5 Å². The lowest BCUT2D eigenvalue weighted by molar-refractivity contribution is 0.0283. The molecular weight excluding hydrogens is 334 g/mol. The summed E-state index contributed by atoms with van der Waals surface area (Å²) in [4.78, 5) is 19.8. The molecule has 0 saturated carbocycles. The van der Waals surface area contributed by atoms with E-state index in [-0.39, 0.29) is 5.91 Å². The molecule has 1 saturated heterocycles. The minimum Gasteiger partial charge on any atom is -0.336 e. The molecule has 1 aliphatic rings. The van der Waals surface area contributed by atoms with Crippen LogP contribution in [0.25, 0.3) is 11.1 Å². The summed E-state index contributed by atoms with van der Waals surface area (Å²) in [5.74, 6) is 0.139. The number of carbonyl (C=O) groups excluding carboxylic acids is 1. The molecule has 3 rings (SSSR count). The molecule has 1 amide bonds. The Morgan fingerprint density at radius 2 is 1.48 bits per heavy atom. The van der Waals surface area contributed by atoms with E-state index in [4.69, 9.17) is 0 Å². The molecule has 0 spiro atoms. The molecule has 2 aromatic rings. The summed E-state index contributed by atoms with van der Waals surface area (Å²) in [7, 11) is 4.21. The first-order valence-electron chi connectivity index (χ1n) is 9.81. The minimum absolute atomic E-state index is 0.139. The molecule has 4 heteroatoms. The summed E-state index contributed by atoms with van der Waals surface area (Å²) < 4.78 is 0. The highest BCUT2D eigenvalue weighted by Crippen LogP contribution is 2.22. The fraction of sp³-hybridized carbons (Fsp3) is 0.435. The highest BCUT2D eigenvalue weighted by Gasteiger charge is 2.31. The number of likely N-dealkylation sites (N-methyl/N-ethyl adjacent to an activating group) is 1. The van der Waals surface area contributed by atoms with Crippen molar-refractivity contribution < 1.29 is 4.79 Å². The maximum Gasteiger partial charge on any atom is 0.253 e. The monoisotopic (exact) mass is 365 g/mol. The maximum atomic E-state index is 13.0. The highest BCUT2D eigenvalue weighted by molar-refractivity contribution is 5.94. The van der Waals surface area contributed by atoms with Crippen molar-refractivity contribution in [2.24, 2.45) is 0 Å². The molecule has 27 heavy (non-hydrogen) atoms. The minimum atomic E-state index is 0.139. The number of rotatable bonds is 5. The van der Waals surface area contributed by atoms with Crippen molar-refractivity contribution in [3.8, 4) is 11.1 Å². The van der Waals surface area contributed by atoms with Gasteiger partial charge in [-0.3, -0.25) is 9.69 Å². The number of carbonyl (C=O) groups is 1. The van der Waals surface area contributed by atoms with E-state index in [1.165, 1.54) is 5.56 Å². The van der Waals surface area contributed by atoms with Crippen LogP contribution in [0.15, 0.2) is 54.6 Å². The van der Waals surface area contributed by atoms with Crippen LogP contribution >= 0.6 is 0 Å². The Kier molecular flexibility index (Phi) is 6.30. The molecule has 4 nitrogen and oxygen atoms in total. The Balaban J connectivity index is 1.66. The van der Waals surface area contributed by atoms with Crippen LogP contribution in [0, 0.1) is 0 Å². The first-order chi connectivity index (χ1) is 13.0. The second-order valence-electron chi connectivity index (χ2n) is 7.89. The van der Waals surface area contributed by atoms with Gasteiger partial charge in [0, 0.05) is 43.8 Å². The smallest absolute Gasteiger partial charge is 0.253 e. The third kappa shape index (κ3) is 4.76. The van der Waals surface area contributed by atoms with Gasteiger partial charge in [0.15, 0.2) is 0 Å². The molecular formula is C23H31N3O. The number of piperazine rings is 1. The van der Waals surface area contributed by atoms with Crippen molar-refractivity contribution in [1.29, 1.82) is 0 Å². The number of nitrogens with zero attached hydrogens (tertiary/aromatic N) is 3. The summed E-state index contributed by atoms with van der Waals surface area (Å²) in [6.45, 7) is 8.12. The van der Waals surface area contributed by atoms with Gasteiger partial charge in [-0.25, -0.2) is 0 Å². The number of hydrogen-bond donors (Lipinski definition) is 0. The third-order valence-corrected chi connectivity index (χ3v) is 5.43. The van der Waals surface area contributed by atoms with Gasteiger partial charge in [0.05, 0.1) is 0 Å². The Hall–Kier alpha value is -2.17. The van der Waals surface area contributed by atoms with Crippen molar-refractivity contribution in [3.63, 3.8) is 0 Å². The molecule has 0 aromatic heterocycles. The zero-order valence-electron chi connectivity index (χ0n) is 16.9. The van der Waals surface area contributed by atoms with Crippen LogP contribution in [-0.2, 0) is 0 Å². The molecule has 2 atom stereocenters. The Labute approximate surface area is 163 Å². The molecule has 0 bridgehead atoms. The molecule has 2 unspecified atom stereocenters. The SMILES string of the molecule is CC1CN(C(=O)c2ccc(-c3ccccc3)cc2)CC(C)N1CCN(C)C. The molecule has 1 heterocycles. The van der Waals surface area contributed by atoms with Gasteiger partial charge in [0.25, 0.3) is 5.91 Å². The fourth-order valence-electron chi connectivity index (χ4n) is 3.90. The Bertz CT molecular complexity index is 730. The Morgan fingerprint density at radius 1 is 0.926 bits per heavy atom. The van der Waals surface area contributed by atoms with Gasteiger partial charge >= 0.3 is 0 Å². The normalized spacial score (nSPS) is 20.9. The van der Waals surface area contributed by atoms with E-state index in [1.807, 2.05) is 47.4 Å². The average molecular weight is 366 g/mol. The summed E-state index contributed by atoms with van der Waals surface area (Å²) in [6.07, 6.45) is 0. The predicted molar refractivity (Wildman–Crippen MR) is 112 cm³/mol. The van der Waals surface area contributed by atoms with Crippen LogP contribution in [0.5, 0.6) is 0 Å². The number of hydrogen-bond acceptors (Lipinski definition) is 3. The largest absolute Gasteiger partial charge is 0.336 e. The van der Waals surface area contributed by atoms with Crippen LogP contribution in [0.3, 0.4) is 0 Å². The predicted octanol–water partition coefficient (Wildman–Crippen LogP) is 3.45. The lowest BCUT2D eigenvalue weighted by Crippen LogP contribution is -2.59. The van der Waals surface area contributed by atoms with Gasteiger partial charge in [0.2, 0.25) is 0 Å². The standard InChI is InChI=1S/C23H31N3O/c1-18-16-25(17-19(2)26(18)15-14-24(3)4)23(27)22-12-10-21(11-13-22)20-8-6-5-7-9-20/h5-13,18-19H,14-17H2,1-4H3. The van der Waals surface area contributed by atoms with Gasteiger partial charge in [-0.05, 0) is 51.2 Å². The fourth-order valence-corrected chi connectivity index (χ4v) is 3.90. The zero-order valence-corrected chi connectivity index (χ0v) is 16.9. The molecule has 1 aliphatic heterocycles. The third-order valence-electron chi connectivity index (χ3n) is 5.43. The first-order valence-corrected chi connectivity index (χ1v) is 9.81. The second-order valence-corrected chi connectivity index (χ2v) is 7.89. The van der Waals surface area contributed by atoms with Crippen LogP contribution in [0.1, 0.15) is 24.2 Å². The van der Waals surface area contributed by atoms with Crippen molar-refractivity contribution in [3.05, 3.63) is 60.2 Å². The van der Waals surface area contributed by atoms with E-state index >= 15 is 0 Å². The second kappa shape index (κ2) is 8.68. The van der Waals surface area contributed by atoms with Gasteiger partial charge in [-0.2, -0.15) is 0 Å². The van der Waals surface area contributed by atoms with E-state index in [0.717, 1.165) is 37.3 Å². The maximum absolute atomic E-state index is 13.0.